The minimum atomic E-state index is -4.67. The second kappa shape index (κ2) is 11.5. The van der Waals surface area contributed by atoms with Crippen LogP contribution in [0.2, 0.25) is 0 Å². The van der Waals surface area contributed by atoms with Crippen LogP contribution >= 0.6 is 0 Å². The molecule has 13 nitrogen and oxygen atoms in total. The van der Waals surface area contributed by atoms with Crippen LogP contribution < -0.4 is 22.9 Å². The van der Waals surface area contributed by atoms with Gasteiger partial charge in [0.25, 0.3) is 0 Å². The van der Waals surface area contributed by atoms with Gasteiger partial charge in [0.15, 0.2) is 0 Å². The van der Waals surface area contributed by atoms with E-state index in [9.17, 15) is 0 Å². The molecule has 0 saturated carbocycles. The summed E-state index contributed by atoms with van der Waals surface area (Å²) >= 11 is 0. The predicted octanol–water partition coefficient (Wildman–Crippen LogP) is -2.74. The van der Waals surface area contributed by atoms with E-state index in [-0.39, 0.29) is 18.5 Å². The molecular formula is C7H18N8O5S. The maximum atomic E-state index is 8.74. The van der Waals surface area contributed by atoms with Gasteiger partial charge in [-0.05, 0) is 6.92 Å². The summed E-state index contributed by atoms with van der Waals surface area (Å²) in [5, 5.41) is 14.1. The fraction of sp³-hybridized carbons (Fsp3) is 0.429. The van der Waals surface area contributed by atoms with Crippen molar-refractivity contribution in [2.45, 2.75) is 6.92 Å². The lowest BCUT2D eigenvalue weighted by molar-refractivity contribution is 0.188. The predicted molar refractivity (Wildman–Crippen MR) is 78.2 cm³/mol. The van der Waals surface area contributed by atoms with Crippen LogP contribution in [-0.2, 0) is 15.1 Å². The molecule has 21 heavy (non-hydrogen) atoms. The van der Waals surface area contributed by atoms with Crippen molar-refractivity contribution in [2.75, 3.05) is 13.2 Å². The van der Waals surface area contributed by atoms with Crippen molar-refractivity contribution in [1.82, 2.24) is 0 Å². The molecule has 0 aliphatic rings. The molecule has 122 valence electrons. The van der Waals surface area contributed by atoms with Gasteiger partial charge in [0, 0.05) is 6.61 Å². The molecule has 0 aromatic carbocycles. The van der Waals surface area contributed by atoms with E-state index in [2.05, 4.69) is 20.4 Å². The van der Waals surface area contributed by atoms with Crippen molar-refractivity contribution in [3.8, 4) is 0 Å². The van der Waals surface area contributed by atoms with Gasteiger partial charge in [0.05, 0.1) is 12.8 Å². The van der Waals surface area contributed by atoms with Gasteiger partial charge >= 0.3 is 10.4 Å². The molecule has 0 heterocycles. The van der Waals surface area contributed by atoms with Gasteiger partial charge in [-0.2, -0.15) is 13.5 Å². The number of ether oxygens (including phenoxy) is 1. The Balaban J connectivity index is 0. The highest BCUT2D eigenvalue weighted by Crippen LogP contribution is 1.83. The van der Waals surface area contributed by atoms with E-state index in [1.165, 1.54) is 6.21 Å². The van der Waals surface area contributed by atoms with Crippen LogP contribution in [0, 0.1) is 0 Å². The Morgan fingerprint density at radius 3 is 1.95 bits per heavy atom. The van der Waals surface area contributed by atoms with E-state index in [0.717, 1.165) is 0 Å². The molecule has 0 amide bonds. The summed E-state index contributed by atoms with van der Waals surface area (Å²) in [6.45, 7) is 2.57. The zero-order valence-corrected chi connectivity index (χ0v) is 11.9. The van der Waals surface area contributed by atoms with Crippen molar-refractivity contribution in [1.29, 1.82) is 0 Å². The first kappa shape index (κ1) is 21.0. The van der Waals surface area contributed by atoms with Crippen LogP contribution in [0.5, 0.6) is 0 Å². The van der Waals surface area contributed by atoms with Crippen molar-refractivity contribution < 1.29 is 22.3 Å². The molecule has 0 bridgehead atoms. The number of guanidine groups is 2. The molecule has 0 aromatic heterocycles. The zero-order chi connectivity index (χ0) is 16.9. The summed E-state index contributed by atoms with van der Waals surface area (Å²) in [6.07, 6.45) is 1.29. The lowest BCUT2D eigenvalue weighted by Gasteiger charge is -1.98. The number of rotatable bonds is 6. The Hall–Kier alpha value is -2.29. The Bertz CT molecular complexity index is 495. The summed E-state index contributed by atoms with van der Waals surface area (Å²) < 4.78 is 36.7. The molecule has 0 rings (SSSR count). The van der Waals surface area contributed by atoms with Gasteiger partial charge < -0.3 is 27.7 Å². The zero-order valence-electron chi connectivity index (χ0n) is 11.1. The first-order chi connectivity index (χ1) is 9.56. The van der Waals surface area contributed by atoms with Gasteiger partial charge in [-0.3, -0.25) is 9.11 Å². The maximum Gasteiger partial charge on any atom is 0.394 e. The van der Waals surface area contributed by atoms with Crippen molar-refractivity contribution in [3.05, 3.63) is 0 Å². The lowest BCUT2D eigenvalue weighted by Crippen LogP contribution is -2.23. The Labute approximate surface area is 121 Å². The van der Waals surface area contributed by atoms with Gasteiger partial charge in [-0.15, -0.1) is 15.3 Å². The van der Waals surface area contributed by atoms with Gasteiger partial charge in [-0.1, -0.05) is 0 Å². The fourth-order valence-corrected chi connectivity index (χ4v) is 0.583. The SMILES string of the molecule is CCOCC(/C=N/N=C(N)N)=N\N=C(N)N.O=S(=O)(O)O. The summed E-state index contributed by atoms with van der Waals surface area (Å²) in [7, 11) is -4.67. The lowest BCUT2D eigenvalue weighted by atomic mass is 10.4. The molecule has 0 saturated heterocycles. The van der Waals surface area contributed by atoms with Gasteiger partial charge in [0.2, 0.25) is 11.9 Å². The maximum absolute atomic E-state index is 8.74. The molecule has 0 radical (unpaired) electrons. The third kappa shape index (κ3) is 27.1. The monoisotopic (exact) mass is 326 g/mol. The topological polar surface area (TPSA) is 237 Å². The third-order valence-corrected chi connectivity index (χ3v) is 1.13. The average molecular weight is 326 g/mol. The van der Waals surface area contributed by atoms with E-state index in [0.29, 0.717) is 12.3 Å². The minimum Gasteiger partial charge on any atom is -0.375 e. The highest BCUT2D eigenvalue weighted by molar-refractivity contribution is 7.79. The minimum absolute atomic E-state index is 0.158. The molecular weight excluding hydrogens is 308 g/mol. The summed E-state index contributed by atoms with van der Waals surface area (Å²) in [4.78, 5) is 0. The van der Waals surface area contributed by atoms with Crippen LogP contribution in [0.1, 0.15) is 6.92 Å². The highest BCUT2D eigenvalue weighted by atomic mass is 32.3. The molecule has 0 aromatic rings. The fourth-order valence-electron chi connectivity index (χ4n) is 0.583. The summed E-state index contributed by atoms with van der Waals surface area (Å²) in [5.74, 6) is -0.321. The number of hydrogen-bond donors (Lipinski definition) is 6. The van der Waals surface area contributed by atoms with Crippen LogP contribution in [0.15, 0.2) is 20.4 Å². The molecule has 14 heteroatoms. The van der Waals surface area contributed by atoms with Crippen LogP contribution in [0.25, 0.3) is 0 Å². The highest BCUT2D eigenvalue weighted by Gasteiger charge is 1.95. The normalized spacial score (nSPS) is 11.5. The quantitative estimate of drug-likeness (QED) is 0.128. The van der Waals surface area contributed by atoms with Crippen molar-refractivity contribution >= 4 is 34.2 Å². The molecule has 0 unspecified atom stereocenters. The second-order valence-electron chi connectivity index (χ2n) is 2.97. The third-order valence-electron chi connectivity index (χ3n) is 1.13. The standard InChI is InChI=1S/C7H16N8O.H2O4S/c1-2-16-4-5(13-15-7(10)11)3-12-14-6(8)9;1-5(2,3)4/h3H,2,4H2,1H3,(H4,8,9,14)(H4,10,11,15);(H2,1,2,3,4)/b12-3+,13-5-;. The molecule has 0 aliphatic heterocycles. The van der Waals surface area contributed by atoms with E-state index in [1.54, 1.807) is 0 Å². The first-order valence-corrected chi connectivity index (χ1v) is 6.51. The van der Waals surface area contributed by atoms with E-state index >= 15 is 0 Å². The van der Waals surface area contributed by atoms with E-state index in [1.807, 2.05) is 6.92 Å². The van der Waals surface area contributed by atoms with Gasteiger partial charge in [0.1, 0.15) is 5.71 Å². The second-order valence-corrected chi connectivity index (χ2v) is 3.87. The van der Waals surface area contributed by atoms with Crippen molar-refractivity contribution in [2.24, 2.45) is 43.3 Å². The molecule has 0 spiro atoms. The Morgan fingerprint density at radius 1 is 1.10 bits per heavy atom. The van der Waals surface area contributed by atoms with Crippen LogP contribution in [0.3, 0.4) is 0 Å². The van der Waals surface area contributed by atoms with E-state index < -0.39 is 10.4 Å². The molecule has 10 N–H and O–H groups in total. The number of nitrogens with zero attached hydrogens (tertiary/aromatic N) is 4. The van der Waals surface area contributed by atoms with Gasteiger partial charge in [-0.25, -0.2) is 0 Å². The Morgan fingerprint density at radius 2 is 1.57 bits per heavy atom. The van der Waals surface area contributed by atoms with Crippen molar-refractivity contribution in [3.63, 3.8) is 0 Å². The largest absolute Gasteiger partial charge is 0.394 e. The van der Waals surface area contributed by atoms with Crippen LogP contribution in [-0.4, -0.2) is 54.6 Å². The van der Waals surface area contributed by atoms with Crippen LogP contribution in [0.4, 0.5) is 0 Å². The smallest absolute Gasteiger partial charge is 0.375 e. The first-order valence-electron chi connectivity index (χ1n) is 5.11. The molecule has 0 fully saturated rings. The summed E-state index contributed by atoms with van der Waals surface area (Å²) in [5.41, 5.74) is 20.8. The molecule has 0 atom stereocenters. The number of hydrogen-bond acceptors (Lipinski definition) is 7. The Kier molecular flexibility index (Phi) is 11.5. The number of nitrogens with two attached hydrogens (primary N) is 4. The summed E-state index contributed by atoms with van der Waals surface area (Å²) in [6, 6.07) is 0. The van der Waals surface area contributed by atoms with E-state index in [4.69, 9.17) is 45.2 Å². The average Bonchev–Trinajstić information content (AvgIpc) is 2.29. The molecule has 0 aliphatic carbocycles.